The zero-order valence-electron chi connectivity index (χ0n) is 5.96. The molecule has 0 aliphatic heterocycles. The van der Waals surface area contributed by atoms with E-state index in [1.165, 1.54) is 6.92 Å². The van der Waals surface area contributed by atoms with Gasteiger partial charge < -0.3 is 10.2 Å². The highest BCUT2D eigenvalue weighted by Gasteiger charge is 2.35. The topological polar surface area (TPSA) is 57.5 Å². The van der Waals surface area contributed by atoms with Gasteiger partial charge in [0.2, 0.25) is 0 Å². The summed E-state index contributed by atoms with van der Waals surface area (Å²) in [4.78, 5) is 10.9. The molecule has 2 atom stereocenters. The van der Waals surface area contributed by atoms with Crippen LogP contribution in [0.1, 0.15) is 13.8 Å². The minimum absolute atomic E-state index is 0.0255. The molecule has 0 fully saturated rings. The van der Waals surface area contributed by atoms with Crippen molar-refractivity contribution in [1.29, 1.82) is 0 Å². The van der Waals surface area contributed by atoms with E-state index in [9.17, 15) is 4.79 Å². The van der Waals surface area contributed by atoms with Gasteiger partial charge in [-0.2, -0.15) is 0 Å². The lowest BCUT2D eigenvalue weighted by molar-refractivity contribution is -0.123. The van der Waals surface area contributed by atoms with E-state index >= 15 is 0 Å². The highest BCUT2D eigenvalue weighted by Crippen LogP contribution is 2.26. The molecule has 3 heteroatoms. The van der Waals surface area contributed by atoms with Gasteiger partial charge in [0.1, 0.15) is 11.9 Å². The number of ketones is 1. The lowest BCUT2D eigenvalue weighted by atomic mass is 10.1. The fraction of sp³-hybridized carbons (Fsp3) is 0.571. The van der Waals surface area contributed by atoms with Crippen molar-refractivity contribution >= 4 is 5.78 Å². The molecule has 0 saturated carbocycles. The van der Waals surface area contributed by atoms with Crippen molar-refractivity contribution in [2.45, 2.75) is 20.0 Å². The van der Waals surface area contributed by atoms with Crippen molar-refractivity contribution in [3.63, 3.8) is 0 Å². The first-order valence-corrected chi connectivity index (χ1v) is 3.17. The Morgan fingerprint density at radius 3 is 2.10 bits per heavy atom. The average molecular weight is 142 g/mol. The van der Waals surface area contributed by atoms with Crippen molar-refractivity contribution < 1.29 is 15.0 Å². The first kappa shape index (κ1) is 7.28. The predicted molar refractivity (Wildman–Crippen MR) is 35.5 cm³/mol. The van der Waals surface area contributed by atoms with E-state index < -0.39 is 12.0 Å². The van der Waals surface area contributed by atoms with Gasteiger partial charge in [-0.3, -0.25) is 4.79 Å². The number of hydrogen-bond donors (Lipinski definition) is 2. The largest absolute Gasteiger partial charge is 0.512 e. The van der Waals surface area contributed by atoms with Crippen LogP contribution in [-0.4, -0.2) is 22.1 Å². The van der Waals surface area contributed by atoms with E-state index in [0.29, 0.717) is 5.57 Å². The van der Waals surface area contributed by atoms with Gasteiger partial charge in [-0.05, 0) is 6.92 Å². The van der Waals surface area contributed by atoms with E-state index in [4.69, 9.17) is 10.2 Å². The van der Waals surface area contributed by atoms with Gasteiger partial charge in [0.05, 0.1) is 0 Å². The Hall–Kier alpha value is -0.830. The minimum Gasteiger partial charge on any atom is -0.512 e. The SMILES string of the molecule is CC1=C(O)C(C)C(O)C1=O. The zero-order chi connectivity index (χ0) is 7.89. The number of aliphatic hydroxyl groups is 2. The Bertz CT molecular complexity index is 205. The summed E-state index contributed by atoms with van der Waals surface area (Å²) in [6.45, 7) is 3.14. The third-order valence-electron chi connectivity index (χ3n) is 1.93. The van der Waals surface area contributed by atoms with E-state index in [-0.39, 0.29) is 11.5 Å². The molecule has 0 aromatic carbocycles. The first-order chi connectivity index (χ1) is 4.55. The lowest BCUT2D eigenvalue weighted by Crippen LogP contribution is -2.21. The summed E-state index contributed by atoms with van der Waals surface area (Å²) in [5.74, 6) is -0.755. The molecular weight excluding hydrogens is 132 g/mol. The Morgan fingerprint density at radius 2 is 2.00 bits per heavy atom. The fourth-order valence-electron chi connectivity index (χ4n) is 1.07. The maximum atomic E-state index is 10.9. The molecule has 2 N–H and O–H groups in total. The van der Waals surface area contributed by atoms with Gasteiger partial charge >= 0.3 is 0 Å². The average Bonchev–Trinajstić information content (AvgIpc) is 2.07. The van der Waals surface area contributed by atoms with Crippen molar-refractivity contribution in [3.05, 3.63) is 11.3 Å². The quantitative estimate of drug-likeness (QED) is 0.514. The monoisotopic (exact) mass is 142 g/mol. The number of aliphatic hydroxyl groups excluding tert-OH is 2. The summed E-state index contributed by atoms with van der Waals surface area (Å²) in [5, 5.41) is 18.2. The summed E-state index contributed by atoms with van der Waals surface area (Å²) < 4.78 is 0. The van der Waals surface area contributed by atoms with Crippen LogP contribution in [0.3, 0.4) is 0 Å². The van der Waals surface area contributed by atoms with Crippen molar-refractivity contribution in [3.8, 4) is 0 Å². The lowest BCUT2D eigenvalue weighted by Gasteiger charge is -2.05. The Kier molecular flexibility index (Phi) is 1.52. The maximum absolute atomic E-state index is 10.9. The van der Waals surface area contributed by atoms with Crippen LogP contribution in [0.5, 0.6) is 0 Å². The second kappa shape index (κ2) is 2.09. The molecule has 2 unspecified atom stereocenters. The van der Waals surface area contributed by atoms with Gasteiger partial charge in [0.15, 0.2) is 5.78 Å². The van der Waals surface area contributed by atoms with Gasteiger partial charge in [0, 0.05) is 11.5 Å². The van der Waals surface area contributed by atoms with E-state index in [2.05, 4.69) is 0 Å². The smallest absolute Gasteiger partial charge is 0.191 e. The van der Waals surface area contributed by atoms with Crippen LogP contribution in [0.2, 0.25) is 0 Å². The second-order valence-electron chi connectivity index (χ2n) is 2.61. The summed E-state index contributed by atoms with van der Waals surface area (Å²) in [6, 6.07) is 0. The van der Waals surface area contributed by atoms with E-state index in [1.807, 2.05) is 0 Å². The first-order valence-electron chi connectivity index (χ1n) is 3.17. The molecule has 1 rings (SSSR count). The molecule has 0 aromatic heterocycles. The predicted octanol–water partition coefficient (Wildman–Crippen LogP) is 0.398. The third kappa shape index (κ3) is 0.743. The van der Waals surface area contributed by atoms with E-state index in [0.717, 1.165) is 0 Å². The molecule has 0 amide bonds. The summed E-state index contributed by atoms with van der Waals surface area (Å²) in [7, 11) is 0. The Balaban J connectivity index is 2.99. The van der Waals surface area contributed by atoms with Crippen LogP contribution in [0, 0.1) is 5.92 Å². The Labute approximate surface area is 59.0 Å². The van der Waals surface area contributed by atoms with Crippen LogP contribution in [0.25, 0.3) is 0 Å². The standard InChI is InChI=1S/C7H10O3/c1-3-5(8)4(2)7(10)6(3)9/h3,6,8-9H,1-2H3. The Morgan fingerprint density at radius 1 is 1.50 bits per heavy atom. The summed E-state index contributed by atoms with van der Waals surface area (Å²) >= 11 is 0. The van der Waals surface area contributed by atoms with Crippen molar-refractivity contribution in [2.75, 3.05) is 0 Å². The number of carbonyl (C=O) groups is 1. The summed E-state index contributed by atoms with van der Waals surface area (Å²) in [5.41, 5.74) is 0.292. The minimum atomic E-state index is -1.03. The number of carbonyl (C=O) groups excluding carboxylic acids is 1. The molecule has 1 aliphatic rings. The maximum Gasteiger partial charge on any atom is 0.191 e. The number of hydrogen-bond acceptors (Lipinski definition) is 3. The molecular formula is C7H10O3. The number of Topliss-reactive ketones (excluding diaryl/α,β-unsaturated/α-hetero) is 1. The molecule has 0 aromatic rings. The normalized spacial score (nSPS) is 33.7. The highest BCUT2D eigenvalue weighted by molar-refractivity contribution is 6.01. The molecule has 56 valence electrons. The molecule has 1 aliphatic carbocycles. The van der Waals surface area contributed by atoms with Gasteiger partial charge in [-0.15, -0.1) is 0 Å². The van der Waals surface area contributed by atoms with Crippen LogP contribution >= 0.6 is 0 Å². The third-order valence-corrected chi connectivity index (χ3v) is 1.93. The highest BCUT2D eigenvalue weighted by atomic mass is 16.3. The molecule has 3 nitrogen and oxygen atoms in total. The van der Waals surface area contributed by atoms with Gasteiger partial charge in [0.25, 0.3) is 0 Å². The number of rotatable bonds is 0. The fourth-order valence-corrected chi connectivity index (χ4v) is 1.07. The molecule has 0 radical (unpaired) electrons. The van der Waals surface area contributed by atoms with Crippen LogP contribution in [-0.2, 0) is 4.79 Å². The van der Waals surface area contributed by atoms with Crippen molar-refractivity contribution in [1.82, 2.24) is 0 Å². The van der Waals surface area contributed by atoms with Gasteiger partial charge in [-0.1, -0.05) is 6.92 Å². The molecule has 0 bridgehead atoms. The zero-order valence-corrected chi connectivity index (χ0v) is 5.96. The molecule has 0 spiro atoms. The van der Waals surface area contributed by atoms with Crippen molar-refractivity contribution in [2.24, 2.45) is 5.92 Å². The molecule has 0 heterocycles. The molecule has 0 saturated heterocycles. The molecule has 10 heavy (non-hydrogen) atoms. The van der Waals surface area contributed by atoms with Crippen LogP contribution in [0.4, 0.5) is 0 Å². The second-order valence-corrected chi connectivity index (χ2v) is 2.61. The van der Waals surface area contributed by atoms with Crippen LogP contribution < -0.4 is 0 Å². The van der Waals surface area contributed by atoms with Crippen LogP contribution in [0.15, 0.2) is 11.3 Å². The summed E-state index contributed by atoms with van der Waals surface area (Å²) in [6.07, 6.45) is -1.03. The van der Waals surface area contributed by atoms with E-state index in [1.54, 1.807) is 6.92 Å². The van der Waals surface area contributed by atoms with Gasteiger partial charge in [-0.25, -0.2) is 0 Å².